The van der Waals surface area contributed by atoms with E-state index in [2.05, 4.69) is 15.0 Å². The molecule has 1 aromatic carbocycles. The minimum absolute atomic E-state index is 0.149. The molecule has 0 fully saturated rings. The van der Waals surface area contributed by atoms with Crippen LogP contribution in [0.3, 0.4) is 0 Å². The highest BCUT2D eigenvalue weighted by molar-refractivity contribution is 5.87. The minimum Gasteiger partial charge on any atom is -0.497 e. The lowest BCUT2D eigenvalue weighted by Gasteiger charge is -2.29. The normalized spacial score (nSPS) is 13.7. The molecule has 0 spiro atoms. The maximum Gasteiger partial charge on any atom is 0.356 e. The number of aromatic carboxylic acids is 1. The molecule has 0 aliphatic carbocycles. The summed E-state index contributed by atoms with van der Waals surface area (Å²) in [6.45, 7) is 3.17. The second-order valence-corrected chi connectivity index (χ2v) is 6.36. The first-order valence-corrected chi connectivity index (χ1v) is 8.33. The van der Waals surface area contributed by atoms with E-state index < -0.39 is 5.97 Å². The Labute approximate surface area is 150 Å². The van der Waals surface area contributed by atoms with Crippen LogP contribution in [-0.4, -0.2) is 44.5 Å². The Hall–Kier alpha value is -3.16. The summed E-state index contributed by atoms with van der Waals surface area (Å²) in [7, 11) is 3.40. The Morgan fingerprint density at radius 3 is 2.81 bits per heavy atom. The van der Waals surface area contributed by atoms with E-state index >= 15 is 0 Å². The van der Waals surface area contributed by atoms with Crippen LogP contribution in [0.15, 0.2) is 18.2 Å². The van der Waals surface area contributed by atoms with Gasteiger partial charge in [0.1, 0.15) is 5.75 Å². The number of aryl methyl sites for hydroxylation is 2. The zero-order chi connectivity index (χ0) is 18.4. The maximum atomic E-state index is 11.4. The highest BCUT2D eigenvalue weighted by Gasteiger charge is 2.28. The van der Waals surface area contributed by atoms with Crippen molar-refractivity contribution >= 4 is 22.8 Å². The third kappa shape index (κ3) is 2.54. The number of rotatable bonds is 3. The second kappa shape index (κ2) is 5.98. The molecule has 8 heteroatoms. The number of benzene rings is 1. The SMILES string of the molecule is COc1ccc2nc(N3CCc4c(C(=O)O)nn(C)c4C3)c(C)nc2c1. The third-order valence-electron chi connectivity index (χ3n) is 4.77. The summed E-state index contributed by atoms with van der Waals surface area (Å²) < 4.78 is 6.90. The van der Waals surface area contributed by atoms with Crippen LogP contribution in [0.4, 0.5) is 5.82 Å². The van der Waals surface area contributed by atoms with Crippen LogP contribution in [-0.2, 0) is 20.0 Å². The van der Waals surface area contributed by atoms with Gasteiger partial charge in [-0.3, -0.25) is 4.68 Å². The lowest BCUT2D eigenvalue weighted by atomic mass is 10.0. The van der Waals surface area contributed by atoms with Gasteiger partial charge in [-0.2, -0.15) is 5.10 Å². The fraction of sp³-hybridized carbons (Fsp3) is 0.333. The Balaban J connectivity index is 1.73. The van der Waals surface area contributed by atoms with Crippen molar-refractivity contribution in [2.75, 3.05) is 18.6 Å². The van der Waals surface area contributed by atoms with Crippen molar-refractivity contribution in [2.45, 2.75) is 19.9 Å². The molecule has 1 aliphatic heterocycles. The lowest BCUT2D eigenvalue weighted by Crippen LogP contribution is -2.33. The van der Waals surface area contributed by atoms with E-state index in [0.717, 1.165) is 39.6 Å². The summed E-state index contributed by atoms with van der Waals surface area (Å²) in [6, 6.07) is 5.63. The predicted octanol–water partition coefficient (Wildman–Crippen LogP) is 1.94. The molecular weight excluding hydrogens is 334 g/mol. The van der Waals surface area contributed by atoms with Gasteiger partial charge in [0.05, 0.1) is 36.1 Å². The fourth-order valence-electron chi connectivity index (χ4n) is 3.46. The molecule has 0 amide bonds. The average Bonchev–Trinajstić information content (AvgIpc) is 2.97. The van der Waals surface area contributed by atoms with E-state index in [1.807, 2.05) is 25.1 Å². The van der Waals surface area contributed by atoms with Crippen molar-refractivity contribution in [2.24, 2.45) is 7.05 Å². The number of carboxylic acid groups (broad SMARTS) is 1. The largest absolute Gasteiger partial charge is 0.497 e. The van der Waals surface area contributed by atoms with Gasteiger partial charge in [0.25, 0.3) is 0 Å². The summed E-state index contributed by atoms with van der Waals surface area (Å²) in [5.74, 6) is 0.579. The third-order valence-corrected chi connectivity index (χ3v) is 4.77. The molecule has 0 atom stereocenters. The molecule has 0 radical (unpaired) electrons. The van der Waals surface area contributed by atoms with Gasteiger partial charge in [0.2, 0.25) is 0 Å². The van der Waals surface area contributed by atoms with Crippen LogP contribution in [0.2, 0.25) is 0 Å². The molecule has 1 N–H and O–H groups in total. The summed E-state index contributed by atoms with van der Waals surface area (Å²) >= 11 is 0. The number of hydrogen-bond donors (Lipinski definition) is 1. The highest BCUT2D eigenvalue weighted by atomic mass is 16.5. The molecule has 4 rings (SSSR count). The number of ether oxygens (including phenoxy) is 1. The quantitative estimate of drug-likeness (QED) is 0.769. The molecule has 2 aromatic heterocycles. The molecule has 0 unspecified atom stereocenters. The van der Waals surface area contributed by atoms with Crippen LogP contribution in [0.1, 0.15) is 27.4 Å². The molecule has 26 heavy (non-hydrogen) atoms. The van der Waals surface area contributed by atoms with E-state index in [9.17, 15) is 9.90 Å². The molecule has 1 aliphatic rings. The number of aromatic nitrogens is 4. The second-order valence-electron chi connectivity index (χ2n) is 6.36. The van der Waals surface area contributed by atoms with E-state index in [4.69, 9.17) is 9.72 Å². The number of fused-ring (bicyclic) bond motifs is 2. The summed E-state index contributed by atoms with van der Waals surface area (Å²) in [6.07, 6.45) is 0.618. The van der Waals surface area contributed by atoms with Gasteiger partial charge in [0.15, 0.2) is 11.5 Å². The van der Waals surface area contributed by atoms with Crippen LogP contribution in [0.25, 0.3) is 11.0 Å². The Morgan fingerprint density at radius 1 is 1.27 bits per heavy atom. The number of carbonyl (C=O) groups is 1. The molecular formula is C18H19N5O3. The summed E-state index contributed by atoms with van der Waals surface area (Å²) in [4.78, 5) is 22.9. The molecule has 3 aromatic rings. The molecule has 8 nitrogen and oxygen atoms in total. The maximum absolute atomic E-state index is 11.4. The summed E-state index contributed by atoms with van der Waals surface area (Å²) in [5, 5.41) is 13.5. The van der Waals surface area contributed by atoms with Crippen molar-refractivity contribution < 1.29 is 14.6 Å². The highest BCUT2D eigenvalue weighted by Crippen LogP contribution is 2.28. The number of nitrogens with zero attached hydrogens (tertiary/aromatic N) is 5. The van der Waals surface area contributed by atoms with Crippen LogP contribution >= 0.6 is 0 Å². The van der Waals surface area contributed by atoms with Gasteiger partial charge in [-0.25, -0.2) is 14.8 Å². The van der Waals surface area contributed by atoms with E-state index in [0.29, 0.717) is 19.5 Å². The van der Waals surface area contributed by atoms with Crippen LogP contribution in [0, 0.1) is 6.92 Å². The van der Waals surface area contributed by atoms with Crippen molar-refractivity contribution in [1.29, 1.82) is 0 Å². The standard InChI is InChI=1S/C18H19N5O3/c1-10-17(20-13-5-4-11(26-3)8-14(13)19-10)23-7-6-12-15(9-23)22(2)21-16(12)18(24)25/h4-5,8H,6-7,9H2,1-3H3,(H,24,25). The summed E-state index contributed by atoms with van der Waals surface area (Å²) in [5.41, 5.74) is 4.29. The molecule has 134 valence electrons. The van der Waals surface area contributed by atoms with Crippen molar-refractivity contribution in [3.63, 3.8) is 0 Å². The first-order valence-electron chi connectivity index (χ1n) is 8.33. The zero-order valence-electron chi connectivity index (χ0n) is 14.9. The number of hydrogen-bond acceptors (Lipinski definition) is 6. The minimum atomic E-state index is -0.981. The van der Waals surface area contributed by atoms with E-state index in [-0.39, 0.29) is 5.69 Å². The molecule has 3 heterocycles. The molecule has 0 saturated heterocycles. The number of methoxy groups -OCH3 is 1. The number of carboxylic acids is 1. The predicted molar refractivity (Wildman–Crippen MR) is 95.7 cm³/mol. The fourth-order valence-corrected chi connectivity index (χ4v) is 3.46. The first kappa shape index (κ1) is 16.3. The molecule has 0 bridgehead atoms. The van der Waals surface area contributed by atoms with Gasteiger partial charge in [-0.1, -0.05) is 0 Å². The van der Waals surface area contributed by atoms with Gasteiger partial charge in [-0.05, 0) is 25.5 Å². The number of anilines is 1. The van der Waals surface area contributed by atoms with Gasteiger partial charge in [0, 0.05) is 25.2 Å². The van der Waals surface area contributed by atoms with Crippen LogP contribution < -0.4 is 9.64 Å². The van der Waals surface area contributed by atoms with Gasteiger partial charge < -0.3 is 14.7 Å². The van der Waals surface area contributed by atoms with Crippen molar-refractivity contribution in [3.05, 3.63) is 40.8 Å². The average molecular weight is 353 g/mol. The zero-order valence-corrected chi connectivity index (χ0v) is 14.9. The van der Waals surface area contributed by atoms with Gasteiger partial charge >= 0.3 is 5.97 Å². The Bertz CT molecular complexity index is 1030. The van der Waals surface area contributed by atoms with Crippen LogP contribution in [0.5, 0.6) is 5.75 Å². The topological polar surface area (TPSA) is 93.4 Å². The first-order chi connectivity index (χ1) is 12.5. The van der Waals surface area contributed by atoms with E-state index in [1.165, 1.54) is 0 Å². The van der Waals surface area contributed by atoms with Crippen molar-refractivity contribution in [3.8, 4) is 5.75 Å². The lowest BCUT2D eigenvalue weighted by molar-refractivity contribution is 0.0688. The Kier molecular flexibility index (Phi) is 3.75. The molecule has 0 saturated carbocycles. The monoisotopic (exact) mass is 353 g/mol. The Morgan fingerprint density at radius 2 is 2.08 bits per heavy atom. The van der Waals surface area contributed by atoms with E-state index in [1.54, 1.807) is 18.8 Å². The van der Waals surface area contributed by atoms with Gasteiger partial charge in [-0.15, -0.1) is 0 Å². The van der Waals surface area contributed by atoms with Crippen molar-refractivity contribution in [1.82, 2.24) is 19.7 Å². The smallest absolute Gasteiger partial charge is 0.356 e.